The average molecular weight is 314 g/mol. The van der Waals surface area contributed by atoms with Gasteiger partial charge in [-0.25, -0.2) is 4.39 Å². The van der Waals surface area contributed by atoms with Crippen molar-refractivity contribution in [2.45, 2.75) is 24.6 Å². The second-order valence-corrected chi connectivity index (χ2v) is 6.37. The molecule has 98 valence electrons. The molecule has 4 heteroatoms. The first-order valence-electron chi connectivity index (χ1n) is 6.13. The lowest BCUT2D eigenvalue weighted by atomic mass is 9.85. The van der Waals surface area contributed by atoms with Gasteiger partial charge in [-0.3, -0.25) is 4.79 Å². The van der Waals surface area contributed by atoms with Crippen LogP contribution in [0.4, 0.5) is 4.39 Å². The Hall–Kier alpha value is -0.900. The van der Waals surface area contributed by atoms with Gasteiger partial charge in [0.1, 0.15) is 5.82 Å². The number of halogens is 2. The zero-order valence-electron chi connectivity index (χ0n) is 10.6. The second kappa shape index (κ2) is 5.39. The Bertz CT molecular complexity index is 457. The SMILES string of the molecule is Cc1ccc(F)cc1C(=O)N(C)CC1CC(Br)C1. The van der Waals surface area contributed by atoms with Gasteiger partial charge in [0.25, 0.3) is 5.91 Å². The number of amides is 1. The van der Waals surface area contributed by atoms with E-state index in [1.54, 1.807) is 18.0 Å². The molecule has 1 aromatic carbocycles. The molecule has 1 aliphatic carbocycles. The van der Waals surface area contributed by atoms with E-state index in [4.69, 9.17) is 0 Å². The van der Waals surface area contributed by atoms with Crippen molar-refractivity contribution in [3.05, 3.63) is 35.1 Å². The maximum absolute atomic E-state index is 13.2. The van der Waals surface area contributed by atoms with Crippen LogP contribution in [-0.2, 0) is 0 Å². The summed E-state index contributed by atoms with van der Waals surface area (Å²) in [5.74, 6) is 0.115. The molecule has 0 aliphatic heterocycles. The molecule has 0 radical (unpaired) electrons. The minimum absolute atomic E-state index is 0.0926. The molecule has 0 saturated heterocycles. The summed E-state index contributed by atoms with van der Waals surface area (Å²) >= 11 is 3.54. The molecule has 2 rings (SSSR count). The van der Waals surface area contributed by atoms with Crippen LogP contribution in [0.25, 0.3) is 0 Å². The highest BCUT2D eigenvalue weighted by Gasteiger charge is 2.29. The molecule has 1 amide bonds. The van der Waals surface area contributed by atoms with E-state index in [9.17, 15) is 9.18 Å². The van der Waals surface area contributed by atoms with E-state index in [0.29, 0.717) is 16.3 Å². The highest BCUT2D eigenvalue weighted by atomic mass is 79.9. The van der Waals surface area contributed by atoms with E-state index >= 15 is 0 Å². The van der Waals surface area contributed by atoms with Crippen molar-refractivity contribution in [3.63, 3.8) is 0 Å². The molecular formula is C14H17BrFNO. The number of benzene rings is 1. The normalized spacial score (nSPS) is 22.4. The quantitative estimate of drug-likeness (QED) is 0.783. The molecule has 0 spiro atoms. The molecule has 1 aliphatic rings. The summed E-state index contributed by atoms with van der Waals surface area (Å²) in [5.41, 5.74) is 1.28. The molecule has 1 saturated carbocycles. The van der Waals surface area contributed by atoms with Crippen molar-refractivity contribution in [3.8, 4) is 0 Å². The van der Waals surface area contributed by atoms with E-state index in [1.807, 2.05) is 6.92 Å². The first-order valence-corrected chi connectivity index (χ1v) is 7.04. The van der Waals surface area contributed by atoms with Crippen molar-refractivity contribution >= 4 is 21.8 Å². The summed E-state index contributed by atoms with van der Waals surface area (Å²) in [6.45, 7) is 2.58. The van der Waals surface area contributed by atoms with Crippen LogP contribution in [-0.4, -0.2) is 29.2 Å². The standard InChI is InChI=1S/C14H17BrFNO/c1-9-3-4-12(16)7-13(9)14(18)17(2)8-10-5-11(15)6-10/h3-4,7,10-11H,5-6,8H2,1-2H3. The molecule has 0 bridgehead atoms. The van der Waals surface area contributed by atoms with Crippen LogP contribution in [0, 0.1) is 18.7 Å². The first-order chi connectivity index (χ1) is 8.47. The Morgan fingerprint density at radius 2 is 2.17 bits per heavy atom. The number of nitrogens with zero attached hydrogens (tertiary/aromatic N) is 1. The van der Waals surface area contributed by atoms with Crippen molar-refractivity contribution in [1.29, 1.82) is 0 Å². The molecule has 2 nitrogen and oxygen atoms in total. The lowest BCUT2D eigenvalue weighted by Crippen LogP contribution is -2.38. The zero-order chi connectivity index (χ0) is 13.3. The van der Waals surface area contributed by atoms with Gasteiger partial charge in [-0.2, -0.15) is 0 Å². The van der Waals surface area contributed by atoms with Crippen LogP contribution in [0.5, 0.6) is 0 Å². The van der Waals surface area contributed by atoms with Crippen LogP contribution in [0.15, 0.2) is 18.2 Å². The third kappa shape index (κ3) is 2.91. The summed E-state index contributed by atoms with van der Waals surface area (Å²) in [6, 6.07) is 4.35. The predicted molar refractivity (Wildman–Crippen MR) is 73.5 cm³/mol. The summed E-state index contributed by atoms with van der Waals surface area (Å²) in [4.78, 5) is 14.5. The Kier molecular flexibility index (Phi) is 4.05. The largest absolute Gasteiger partial charge is 0.341 e. The summed E-state index contributed by atoms with van der Waals surface area (Å²) < 4.78 is 13.2. The van der Waals surface area contributed by atoms with Crippen LogP contribution in [0.1, 0.15) is 28.8 Å². The average Bonchev–Trinajstić information content (AvgIpc) is 2.29. The number of hydrogen-bond donors (Lipinski definition) is 0. The van der Waals surface area contributed by atoms with Crippen LogP contribution in [0.2, 0.25) is 0 Å². The van der Waals surface area contributed by atoms with Gasteiger partial charge >= 0.3 is 0 Å². The van der Waals surface area contributed by atoms with Gasteiger partial charge in [0, 0.05) is 24.0 Å². The number of hydrogen-bond acceptors (Lipinski definition) is 1. The van der Waals surface area contributed by atoms with Gasteiger partial charge in [-0.1, -0.05) is 22.0 Å². The Labute approximate surface area is 115 Å². The van der Waals surface area contributed by atoms with Gasteiger partial charge < -0.3 is 4.90 Å². The molecule has 18 heavy (non-hydrogen) atoms. The Morgan fingerprint density at radius 3 is 2.78 bits per heavy atom. The monoisotopic (exact) mass is 313 g/mol. The van der Waals surface area contributed by atoms with Gasteiger partial charge in [0.2, 0.25) is 0 Å². The fourth-order valence-corrected chi connectivity index (χ4v) is 3.36. The predicted octanol–water partition coefficient (Wildman–Crippen LogP) is 3.38. The second-order valence-electron chi connectivity index (χ2n) is 5.08. The van der Waals surface area contributed by atoms with Crippen molar-refractivity contribution < 1.29 is 9.18 Å². The minimum Gasteiger partial charge on any atom is -0.341 e. The van der Waals surface area contributed by atoms with Gasteiger partial charge in [-0.05, 0) is 43.4 Å². The maximum atomic E-state index is 13.2. The molecule has 0 N–H and O–H groups in total. The minimum atomic E-state index is -0.360. The highest BCUT2D eigenvalue weighted by molar-refractivity contribution is 9.09. The molecule has 0 heterocycles. The molecule has 1 fully saturated rings. The van der Waals surface area contributed by atoms with Crippen LogP contribution < -0.4 is 0 Å². The van der Waals surface area contributed by atoms with Gasteiger partial charge in [-0.15, -0.1) is 0 Å². The number of carbonyl (C=O) groups is 1. The number of alkyl halides is 1. The third-order valence-electron chi connectivity index (χ3n) is 3.49. The van der Waals surface area contributed by atoms with E-state index in [1.165, 1.54) is 12.1 Å². The molecule has 0 unspecified atom stereocenters. The molecule has 0 atom stereocenters. The van der Waals surface area contributed by atoms with Crippen molar-refractivity contribution in [1.82, 2.24) is 4.90 Å². The molecule has 0 aromatic heterocycles. The van der Waals surface area contributed by atoms with Crippen LogP contribution >= 0.6 is 15.9 Å². The first kappa shape index (κ1) is 13.5. The number of rotatable bonds is 3. The maximum Gasteiger partial charge on any atom is 0.253 e. The fraction of sp³-hybridized carbons (Fsp3) is 0.500. The smallest absolute Gasteiger partial charge is 0.253 e. The number of aryl methyl sites for hydroxylation is 1. The van der Waals surface area contributed by atoms with E-state index in [-0.39, 0.29) is 11.7 Å². The van der Waals surface area contributed by atoms with E-state index in [2.05, 4.69) is 15.9 Å². The van der Waals surface area contributed by atoms with Gasteiger partial charge in [0.15, 0.2) is 0 Å². The van der Waals surface area contributed by atoms with E-state index < -0.39 is 0 Å². The molecular weight excluding hydrogens is 297 g/mol. The van der Waals surface area contributed by atoms with Gasteiger partial charge in [0.05, 0.1) is 0 Å². The molecule has 1 aromatic rings. The Balaban J connectivity index is 2.03. The summed E-state index contributed by atoms with van der Waals surface area (Å²) in [5, 5.41) is 0. The lowest BCUT2D eigenvalue weighted by molar-refractivity contribution is 0.0747. The van der Waals surface area contributed by atoms with Crippen LogP contribution in [0.3, 0.4) is 0 Å². The third-order valence-corrected chi connectivity index (χ3v) is 4.23. The zero-order valence-corrected chi connectivity index (χ0v) is 12.2. The summed E-state index contributed by atoms with van der Waals surface area (Å²) in [7, 11) is 1.79. The number of carbonyl (C=O) groups excluding carboxylic acids is 1. The van der Waals surface area contributed by atoms with E-state index in [0.717, 1.165) is 24.9 Å². The van der Waals surface area contributed by atoms with Crippen molar-refractivity contribution in [2.24, 2.45) is 5.92 Å². The summed E-state index contributed by atoms with van der Waals surface area (Å²) in [6.07, 6.45) is 2.22. The lowest BCUT2D eigenvalue weighted by Gasteiger charge is -2.34. The fourth-order valence-electron chi connectivity index (χ4n) is 2.30. The Morgan fingerprint density at radius 1 is 1.50 bits per heavy atom. The highest BCUT2D eigenvalue weighted by Crippen LogP contribution is 2.33. The van der Waals surface area contributed by atoms with Crippen molar-refractivity contribution in [2.75, 3.05) is 13.6 Å². The topological polar surface area (TPSA) is 20.3 Å².